The maximum absolute atomic E-state index is 2.57. The van der Waals surface area contributed by atoms with Crippen LogP contribution in [0, 0.1) is 0 Å². The molecule has 4 heterocycles. The number of nitrogens with zero attached hydrogens (tertiary/aromatic N) is 2. The summed E-state index contributed by atoms with van der Waals surface area (Å²) in [5, 5.41) is 30.2. The average Bonchev–Trinajstić information content (AvgIpc) is 1.71. The highest BCUT2D eigenvalue weighted by atomic mass is 14.9. The van der Waals surface area contributed by atoms with Crippen LogP contribution in [-0.2, 0) is 0 Å². The van der Waals surface area contributed by atoms with Crippen LogP contribution in [0.1, 0.15) is 0 Å². The first-order valence-electron chi connectivity index (χ1n) is 30.7. The molecule has 0 N–H and O–H groups in total. The summed E-state index contributed by atoms with van der Waals surface area (Å²) in [6, 6.07) is 111. The van der Waals surface area contributed by atoms with Crippen molar-refractivity contribution in [2.45, 2.75) is 0 Å². The first kappa shape index (κ1) is 46.8. The summed E-state index contributed by atoms with van der Waals surface area (Å²) in [5.41, 5.74) is 17.4. The average molecular weight is 1110 g/mol. The fraction of sp³-hybridized carbons (Fsp3) is 0. The van der Waals surface area contributed by atoms with Crippen molar-refractivity contribution < 1.29 is 0 Å². The van der Waals surface area contributed by atoms with E-state index in [1.54, 1.807) is 0 Å². The van der Waals surface area contributed by atoms with E-state index in [0.717, 1.165) is 0 Å². The third-order valence-corrected chi connectivity index (χ3v) is 20.1. The van der Waals surface area contributed by atoms with E-state index in [0.29, 0.717) is 0 Å². The number of benzene rings is 17. The van der Waals surface area contributed by atoms with E-state index in [-0.39, 0.29) is 0 Å². The first-order valence-corrected chi connectivity index (χ1v) is 30.7. The predicted molar refractivity (Wildman–Crippen MR) is 378 cm³/mol. The van der Waals surface area contributed by atoms with Crippen LogP contribution in [0.25, 0.3) is 207 Å². The summed E-state index contributed by atoms with van der Waals surface area (Å²) in [6.07, 6.45) is 0. The molecule has 2 nitrogen and oxygen atoms in total. The SMILES string of the molecule is c1ccc(-c2c3ccccc3c(-c3cc4c5cc6ccccc6cc5n5c6cc7cccc(-c8ccc9cc%10c(cc9c8)c8cc(-c9cc%11ccccc%11c%11ccccc9%11)cc9c%11cc%12ccccc%12cc%11n%10c98)c7cc6c(c3)c45)c3ccccc23)cc1. The molecule has 0 radical (unpaired) electrons. The molecule has 0 aliphatic rings. The summed E-state index contributed by atoms with van der Waals surface area (Å²) >= 11 is 0. The van der Waals surface area contributed by atoms with Gasteiger partial charge in [-0.2, -0.15) is 0 Å². The molecule has 0 aliphatic heterocycles. The molecule has 17 aromatic carbocycles. The Hall–Kier alpha value is -11.6. The summed E-state index contributed by atoms with van der Waals surface area (Å²) in [6.45, 7) is 0. The van der Waals surface area contributed by atoms with Crippen LogP contribution >= 0.6 is 0 Å². The molecule has 0 amide bonds. The van der Waals surface area contributed by atoms with Crippen LogP contribution in [0.15, 0.2) is 291 Å². The standard InChI is InChI=1S/C86H48N2/c1-2-17-49(18-3-1)83-65-28-12-14-30-67(65)84(68-31-15-13-29-66(68)83)60-42-77-72-37-51-20-5-7-22-53(51)45-80(72)88-82-47-56-24-16-32-62(70(56)48-74(82)78(43-60)86(77)88)57-34-33-54-46-81-73(39-58(54)35-57)76-41-59(69-38-55-23-8-9-25-61(55)63-26-10-11-27-64(63)69)40-75-71-36-50-19-4-6-21-52(50)44-79(71)87(81)85(75)76/h1-48H. The molecule has 0 bridgehead atoms. The number of hydrogen-bond acceptors (Lipinski definition) is 0. The lowest BCUT2D eigenvalue weighted by Crippen LogP contribution is -1.90. The Kier molecular flexibility index (Phi) is 9.07. The third kappa shape index (κ3) is 6.25. The molecule has 21 rings (SSSR count). The number of aromatic nitrogens is 2. The Morgan fingerprint density at radius 2 is 0.557 bits per heavy atom. The Bertz CT molecular complexity index is 6600. The number of fused-ring (bicyclic) bond motifs is 21. The topological polar surface area (TPSA) is 8.82 Å². The van der Waals surface area contributed by atoms with Gasteiger partial charge in [0.2, 0.25) is 0 Å². The molecular formula is C86H48N2. The van der Waals surface area contributed by atoms with Gasteiger partial charge in [0, 0.05) is 43.1 Å². The second kappa shape index (κ2) is 17.1. The largest absolute Gasteiger partial charge is 0.308 e. The number of rotatable bonds is 4. The van der Waals surface area contributed by atoms with Crippen molar-refractivity contribution in [2.24, 2.45) is 0 Å². The quantitative estimate of drug-likeness (QED) is 0.123. The Labute approximate surface area is 503 Å². The van der Waals surface area contributed by atoms with Crippen molar-refractivity contribution in [1.82, 2.24) is 8.80 Å². The van der Waals surface area contributed by atoms with Gasteiger partial charge < -0.3 is 8.80 Å². The lowest BCUT2D eigenvalue weighted by atomic mass is 9.85. The molecule has 402 valence electrons. The normalized spacial score (nSPS) is 12.5. The van der Waals surface area contributed by atoms with Crippen LogP contribution < -0.4 is 0 Å². The van der Waals surface area contributed by atoms with Gasteiger partial charge in [0.1, 0.15) is 0 Å². The molecule has 4 aromatic heterocycles. The van der Waals surface area contributed by atoms with E-state index in [9.17, 15) is 0 Å². The Morgan fingerprint density at radius 1 is 0.159 bits per heavy atom. The fourth-order valence-corrected chi connectivity index (χ4v) is 16.3. The van der Waals surface area contributed by atoms with Gasteiger partial charge in [-0.1, -0.05) is 206 Å². The van der Waals surface area contributed by atoms with Crippen molar-refractivity contribution in [3.8, 4) is 44.5 Å². The first-order chi connectivity index (χ1) is 43.6. The van der Waals surface area contributed by atoms with Gasteiger partial charge in [-0.05, 0) is 216 Å². The lowest BCUT2D eigenvalue weighted by molar-refractivity contribution is 1.38. The van der Waals surface area contributed by atoms with Crippen LogP contribution in [0.2, 0.25) is 0 Å². The lowest BCUT2D eigenvalue weighted by Gasteiger charge is -2.18. The molecule has 0 spiro atoms. The highest BCUT2D eigenvalue weighted by Crippen LogP contribution is 2.51. The minimum Gasteiger partial charge on any atom is -0.308 e. The van der Waals surface area contributed by atoms with Crippen LogP contribution in [0.5, 0.6) is 0 Å². The van der Waals surface area contributed by atoms with Gasteiger partial charge in [-0.25, -0.2) is 0 Å². The van der Waals surface area contributed by atoms with Gasteiger partial charge in [0.05, 0.1) is 33.1 Å². The zero-order valence-corrected chi connectivity index (χ0v) is 47.6. The molecule has 21 aromatic rings. The molecule has 0 saturated carbocycles. The van der Waals surface area contributed by atoms with Crippen molar-refractivity contribution in [3.05, 3.63) is 291 Å². The zero-order chi connectivity index (χ0) is 57.0. The Morgan fingerprint density at radius 3 is 1.12 bits per heavy atom. The van der Waals surface area contributed by atoms with Gasteiger partial charge in [0.15, 0.2) is 0 Å². The third-order valence-electron chi connectivity index (χ3n) is 20.1. The minimum absolute atomic E-state index is 1.21. The van der Waals surface area contributed by atoms with E-state index >= 15 is 0 Å². The van der Waals surface area contributed by atoms with E-state index in [4.69, 9.17) is 0 Å². The molecule has 88 heavy (non-hydrogen) atoms. The van der Waals surface area contributed by atoms with Gasteiger partial charge >= 0.3 is 0 Å². The molecule has 0 saturated heterocycles. The molecule has 0 aliphatic carbocycles. The van der Waals surface area contributed by atoms with Crippen molar-refractivity contribution in [3.63, 3.8) is 0 Å². The van der Waals surface area contributed by atoms with E-state index < -0.39 is 0 Å². The highest BCUT2D eigenvalue weighted by Gasteiger charge is 2.25. The monoisotopic (exact) mass is 1110 g/mol. The summed E-state index contributed by atoms with van der Waals surface area (Å²) in [7, 11) is 0. The highest BCUT2D eigenvalue weighted by molar-refractivity contribution is 6.31. The molecular weight excluding hydrogens is 1060 g/mol. The van der Waals surface area contributed by atoms with Crippen molar-refractivity contribution in [1.29, 1.82) is 0 Å². The smallest absolute Gasteiger partial charge is 0.0620 e. The van der Waals surface area contributed by atoms with E-state index in [1.165, 1.54) is 207 Å². The van der Waals surface area contributed by atoms with E-state index in [1.807, 2.05) is 0 Å². The minimum atomic E-state index is 1.21. The van der Waals surface area contributed by atoms with Gasteiger partial charge in [-0.3, -0.25) is 0 Å². The second-order valence-electron chi connectivity index (χ2n) is 24.7. The van der Waals surface area contributed by atoms with Crippen molar-refractivity contribution >= 4 is 162 Å². The van der Waals surface area contributed by atoms with Gasteiger partial charge in [0.25, 0.3) is 0 Å². The second-order valence-corrected chi connectivity index (χ2v) is 24.7. The van der Waals surface area contributed by atoms with Gasteiger partial charge in [-0.15, -0.1) is 0 Å². The zero-order valence-electron chi connectivity index (χ0n) is 47.6. The summed E-state index contributed by atoms with van der Waals surface area (Å²) in [4.78, 5) is 0. The molecule has 2 heteroatoms. The van der Waals surface area contributed by atoms with Crippen molar-refractivity contribution in [2.75, 3.05) is 0 Å². The Balaban J connectivity index is 0.807. The van der Waals surface area contributed by atoms with Crippen LogP contribution in [-0.4, -0.2) is 8.80 Å². The molecule has 0 fully saturated rings. The maximum Gasteiger partial charge on any atom is 0.0620 e. The van der Waals surface area contributed by atoms with Crippen LogP contribution in [0.3, 0.4) is 0 Å². The fourth-order valence-electron chi connectivity index (χ4n) is 16.3. The van der Waals surface area contributed by atoms with E-state index in [2.05, 4.69) is 300 Å². The summed E-state index contributed by atoms with van der Waals surface area (Å²) in [5.74, 6) is 0. The maximum atomic E-state index is 2.57. The summed E-state index contributed by atoms with van der Waals surface area (Å²) < 4.78 is 5.13. The van der Waals surface area contributed by atoms with Crippen LogP contribution in [0.4, 0.5) is 0 Å². The molecule has 0 atom stereocenters. The molecule has 0 unspecified atom stereocenters. The predicted octanol–water partition coefficient (Wildman–Crippen LogP) is 23.9. The number of hydrogen-bond donors (Lipinski definition) is 0.